The van der Waals surface area contributed by atoms with Gasteiger partial charge in [0, 0.05) is 22.8 Å². The van der Waals surface area contributed by atoms with Gasteiger partial charge >= 0.3 is 0 Å². The highest BCUT2D eigenvalue weighted by Crippen LogP contribution is 2.24. The van der Waals surface area contributed by atoms with Crippen LogP contribution in [0.4, 0.5) is 0 Å². The number of thiophene rings is 1. The molecule has 0 amide bonds. The van der Waals surface area contributed by atoms with Crippen molar-refractivity contribution in [2.24, 2.45) is 0 Å². The van der Waals surface area contributed by atoms with Crippen molar-refractivity contribution in [3.05, 3.63) is 63.8 Å². The topological polar surface area (TPSA) is 56.3 Å². The molecule has 0 spiro atoms. The van der Waals surface area contributed by atoms with Crippen molar-refractivity contribution in [2.45, 2.75) is 11.5 Å². The number of rotatable bonds is 5. The SMILES string of the molecule is CS(=O)(=O)c1ccc(-c2cccc(OCc3ccc(Cl)s3)n2)cc1. The number of benzene rings is 1. The largest absolute Gasteiger partial charge is 0.472 e. The predicted molar refractivity (Wildman–Crippen MR) is 96.4 cm³/mol. The summed E-state index contributed by atoms with van der Waals surface area (Å²) < 4.78 is 29.4. The van der Waals surface area contributed by atoms with Gasteiger partial charge in [0.15, 0.2) is 9.84 Å². The van der Waals surface area contributed by atoms with E-state index in [2.05, 4.69) is 4.98 Å². The van der Waals surface area contributed by atoms with Crippen LogP contribution in [0.3, 0.4) is 0 Å². The second kappa shape index (κ2) is 6.93. The molecule has 0 saturated heterocycles. The maximum Gasteiger partial charge on any atom is 0.214 e. The van der Waals surface area contributed by atoms with Crippen molar-refractivity contribution in [2.75, 3.05) is 6.26 Å². The number of ether oxygens (including phenoxy) is 1. The van der Waals surface area contributed by atoms with Crippen LogP contribution in [0.25, 0.3) is 11.3 Å². The number of aromatic nitrogens is 1. The van der Waals surface area contributed by atoms with Crippen LogP contribution < -0.4 is 4.74 Å². The van der Waals surface area contributed by atoms with Crippen molar-refractivity contribution in [1.29, 1.82) is 0 Å². The number of halogens is 1. The van der Waals surface area contributed by atoms with E-state index in [9.17, 15) is 8.42 Å². The van der Waals surface area contributed by atoms with Crippen LogP contribution in [0.1, 0.15) is 4.88 Å². The van der Waals surface area contributed by atoms with Crippen molar-refractivity contribution in [3.63, 3.8) is 0 Å². The van der Waals surface area contributed by atoms with Crippen molar-refractivity contribution in [1.82, 2.24) is 4.98 Å². The van der Waals surface area contributed by atoms with Crippen molar-refractivity contribution < 1.29 is 13.2 Å². The van der Waals surface area contributed by atoms with E-state index >= 15 is 0 Å². The van der Waals surface area contributed by atoms with Crippen molar-refractivity contribution >= 4 is 32.8 Å². The Morgan fingerprint density at radius 1 is 1.08 bits per heavy atom. The Hall–Kier alpha value is -1.89. The molecule has 24 heavy (non-hydrogen) atoms. The molecular formula is C17H14ClNO3S2. The molecule has 4 nitrogen and oxygen atoms in total. The smallest absolute Gasteiger partial charge is 0.214 e. The molecule has 3 rings (SSSR count). The lowest BCUT2D eigenvalue weighted by molar-refractivity contribution is 0.297. The summed E-state index contributed by atoms with van der Waals surface area (Å²) >= 11 is 7.36. The summed E-state index contributed by atoms with van der Waals surface area (Å²) in [5.41, 5.74) is 1.55. The van der Waals surface area contributed by atoms with E-state index in [0.717, 1.165) is 20.5 Å². The Balaban J connectivity index is 1.77. The van der Waals surface area contributed by atoms with Gasteiger partial charge in [-0.15, -0.1) is 11.3 Å². The van der Waals surface area contributed by atoms with Crippen molar-refractivity contribution in [3.8, 4) is 17.1 Å². The summed E-state index contributed by atoms with van der Waals surface area (Å²) in [5.74, 6) is 0.504. The van der Waals surface area contributed by atoms with E-state index in [1.165, 1.54) is 17.6 Å². The monoisotopic (exact) mass is 379 g/mol. The summed E-state index contributed by atoms with van der Waals surface area (Å²) in [7, 11) is -3.20. The Kier molecular flexibility index (Phi) is 4.89. The third-order valence-corrected chi connectivity index (χ3v) is 5.63. The Morgan fingerprint density at radius 3 is 2.46 bits per heavy atom. The first kappa shape index (κ1) is 17.0. The predicted octanol–water partition coefficient (Wildman–Crippen LogP) is 4.45. The van der Waals surface area contributed by atoms with Crippen LogP contribution in [-0.4, -0.2) is 19.7 Å². The van der Waals surface area contributed by atoms with Gasteiger partial charge in [0.2, 0.25) is 5.88 Å². The molecule has 0 radical (unpaired) electrons. The zero-order valence-corrected chi connectivity index (χ0v) is 15.2. The minimum Gasteiger partial charge on any atom is -0.472 e. The van der Waals surface area contributed by atoms with Gasteiger partial charge in [-0.2, -0.15) is 0 Å². The quantitative estimate of drug-likeness (QED) is 0.657. The first-order valence-corrected chi connectivity index (χ1v) is 10.1. The molecule has 124 valence electrons. The summed E-state index contributed by atoms with van der Waals surface area (Å²) in [6, 6.07) is 15.9. The summed E-state index contributed by atoms with van der Waals surface area (Å²) in [5, 5.41) is 0. The molecule has 2 heterocycles. The van der Waals surface area contributed by atoms with Gasteiger partial charge in [0.05, 0.1) is 14.9 Å². The fourth-order valence-corrected chi connectivity index (χ4v) is 3.73. The lowest BCUT2D eigenvalue weighted by Gasteiger charge is -2.07. The third-order valence-electron chi connectivity index (χ3n) is 3.29. The average molecular weight is 380 g/mol. The minimum atomic E-state index is -3.20. The number of sulfone groups is 1. The van der Waals surface area contributed by atoms with Crippen LogP contribution >= 0.6 is 22.9 Å². The van der Waals surface area contributed by atoms with E-state index < -0.39 is 9.84 Å². The first-order valence-electron chi connectivity index (χ1n) is 7.06. The molecule has 1 aromatic carbocycles. The molecule has 0 aliphatic heterocycles. The third kappa shape index (κ3) is 4.14. The van der Waals surface area contributed by atoms with Gasteiger partial charge in [0.1, 0.15) is 6.61 Å². The zero-order chi connectivity index (χ0) is 17.2. The summed E-state index contributed by atoms with van der Waals surface area (Å²) in [4.78, 5) is 5.76. The Bertz CT molecular complexity index is 950. The van der Waals surface area contributed by atoms with E-state index in [0.29, 0.717) is 12.5 Å². The number of nitrogens with zero attached hydrogens (tertiary/aromatic N) is 1. The maximum atomic E-state index is 11.5. The number of pyridine rings is 1. The van der Waals surface area contributed by atoms with Crippen LogP contribution in [-0.2, 0) is 16.4 Å². The highest BCUT2D eigenvalue weighted by molar-refractivity contribution is 7.90. The molecule has 0 bridgehead atoms. The molecule has 0 atom stereocenters. The minimum absolute atomic E-state index is 0.285. The number of hydrogen-bond acceptors (Lipinski definition) is 5. The van der Waals surface area contributed by atoms with Gasteiger partial charge < -0.3 is 4.74 Å². The lowest BCUT2D eigenvalue weighted by atomic mass is 10.1. The van der Waals surface area contributed by atoms with Gasteiger partial charge in [-0.1, -0.05) is 29.8 Å². The van der Waals surface area contributed by atoms with Gasteiger partial charge in [-0.25, -0.2) is 13.4 Å². The van der Waals surface area contributed by atoms with E-state index in [4.69, 9.17) is 16.3 Å². The Morgan fingerprint density at radius 2 is 1.83 bits per heavy atom. The van der Waals surface area contributed by atoms with Gasteiger partial charge in [-0.3, -0.25) is 0 Å². The molecule has 0 N–H and O–H groups in total. The van der Waals surface area contributed by atoms with Crippen LogP contribution in [0.5, 0.6) is 5.88 Å². The molecule has 0 fully saturated rings. The molecule has 0 saturated carbocycles. The molecule has 0 aliphatic carbocycles. The molecule has 2 aromatic heterocycles. The van der Waals surface area contributed by atoms with E-state index in [1.807, 2.05) is 24.3 Å². The number of hydrogen-bond donors (Lipinski definition) is 0. The molecule has 0 aliphatic rings. The van der Waals surface area contributed by atoms with Gasteiger partial charge in [0.25, 0.3) is 0 Å². The molecule has 7 heteroatoms. The van der Waals surface area contributed by atoms with Gasteiger partial charge in [-0.05, 0) is 30.3 Å². The Labute approximate surface area is 149 Å². The molecular weight excluding hydrogens is 366 g/mol. The molecule has 0 unspecified atom stereocenters. The zero-order valence-electron chi connectivity index (χ0n) is 12.8. The van der Waals surface area contributed by atoms with Crippen LogP contribution in [0.2, 0.25) is 4.34 Å². The highest BCUT2D eigenvalue weighted by Gasteiger charge is 2.08. The van der Waals surface area contributed by atoms with E-state index in [1.54, 1.807) is 30.3 Å². The summed E-state index contributed by atoms with van der Waals surface area (Å²) in [6.07, 6.45) is 1.19. The van der Waals surface area contributed by atoms with E-state index in [-0.39, 0.29) is 4.90 Å². The van der Waals surface area contributed by atoms with Crippen LogP contribution in [0.15, 0.2) is 59.5 Å². The first-order chi connectivity index (χ1) is 11.4. The lowest BCUT2D eigenvalue weighted by Crippen LogP contribution is -1.97. The fraction of sp³-hybridized carbons (Fsp3) is 0.118. The average Bonchev–Trinajstić information content (AvgIpc) is 2.98. The fourth-order valence-electron chi connectivity index (χ4n) is 2.10. The second-order valence-electron chi connectivity index (χ2n) is 5.15. The maximum absolute atomic E-state index is 11.5. The normalized spacial score (nSPS) is 11.4. The molecule has 3 aromatic rings. The standard InChI is InChI=1S/C17H14ClNO3S2/c1-24(20,21)14-8-5-12(6-9-14)15-3-2-4-17(19-15)22-11-13-7-10-16(18)23-13/h2-10H,11H2,1H3. The van der Waals surface area contributed by atoms with Crippen LogP contribution in [0, 0.1) is 0 Å². The summed E-state index contributed by atoms with van der Waals surface area (Å²) in [6.45, 7) is 0.404. The second-order valence-corrected chi connectivity index (χ2v) is 8.97. The highest BCUT2D eigenvalue weighted by atomic mass is 35.5.